The molecular formula is C18H22O5. The lowest BCUT2D eigenvalue weighted by molar-refractivity contribution is -0.166. The fraction of sp³-hybridized carbons (Fsp3) is 0.722. The smallest absolute Gasteiger partial charge is 0.310 e. The van der Waals surface area contributed by atoms with Crippen molar-refractivity contribution in [3.63, 3.8) is 0 Å². The molecule has 0 aromatic rings. The Bertz CT molecular complexity index is 679. The molecule has 23 heavy (non-hydrogen) atoms. The van der Waals surface area contributed by atoms with Gasteiger partial charge in [-0.1, -0.05) is 20.8 Å². The number of allylic oxidation sites excluding steroid dienone is 2. The van der Waals surface area contributed by atoms with Gasteiger partial charge >= 0.3 is 5.97 Å². The summed E-state index contributed by atoms with van der Waals surface area (Å²) in [5, 5.41) is 11.0. The van der Waals surface area contributed by atoms with Crippen LogP contribution < -0.4 is 0 Å². The van der Waals surface area contributed by atoms with Crippen LogP contribution in [0.4, 0.5) is 0 Å². The number of rotatable bonds is 0. The van der Waals surface area contributed by atoms with E-state index in [9.17, 15) is 19.5 Å². The van der Waals surface area contributed by atoms with Crippen molar-refractivity contribution in [1.82, 2.24) is 0 Å². The summed E-state index contributed by atoms with van der Waals surface area (Å²) in [5.41, 5.74) is -1.15. The second kappa shape index (κ2) is 4.12. The zero-order valence-electron chi connectivity index (χ0n) is 13.8. The van der Waals surface area contributed by atoms with E-state index < -0.39 is 40.8 Å². The number of hydrogen-bond acceptors (Lipinski definition) is 5. The Kier molecular flexibility index (Phi) is 2.70. The molecule has 0 unspecified atom stereocenters. The molecule has 1 heterocycles. The average molecular weight is 318 g/mol. The first-order chi connectivity index (χ1) is 10.6. The lowest BCUT2D eigenvalue weighted by Crippen LogP contribution is -2.64. The number of ether oxygens (including phenoxy) is 1. The van der Waals surface area contributed by atoms with E-state index in [2.05, 4.69) is 0 Å². The van der Waals surface area contributed by atoms with E-state index in [0.717, 1.165) is 5.57 Å². The predicted molar refractivity (Wildman–Crippen MR) is 80.1 cm³/mol. The number of aliphatic hydroxyl groups is 1. The lowest BCUT2D eigenvalue weighted by Gasteiger charge is -2.55. The largest absolute Gasteiger partial charge is 0.459 e. The van der Waals surface area contributed by atoms with Crippen LogP contribution in [0.3, 0.4) is 0 Å². The Labute approximate surface area is 135 Å². The molecule has 1 aliphatic heterocycles. The maximum Gasteiger partial charge on any atom is 0.310 e. The van der Waals surface area contributed by atoms with Gasteiger partial charge in [-0.05, 0) is 24.5 Å². The summed E-state index contributed by atoms with van der Waals surface area (Å²) in [6.07, 6.45) is 0.342. The molecule has 4 rings (SSSR count). The highest BCUT2D eigenvalue weighted by Gasteiger charge is 2.73. The van der Waals surface area contributed by atoms with Gasteiger partial charge in [0.15, 0.2) is 5.78 Å². The van der Waals surface area contributed by atoms with Gasteiger partial charge in [-0.15, -0.1) is 0 Å². The quantitative estimate of drug-likeness (QED) is 0.681. The van der Waals surface area contributed by atoms with Crippen LogP contribution in [0, 0.1) is 34.5 Å². The Morgan fingerprint density at radius 3 is 2.52 bits per heavy atom. The number of esters is 1. The van der Waals surface area contributed by atoms with Crippen molar-refractivity contribution in [1.29, 1.82) is 0 Å². The molecule has 2 saturated carbocycles. The van der Waals surface area contributed by atoms with Crippen molar-refractivity contribution in [2.75, 3.05) is 0 Å². The van der Waals surface area contributed by atoms with Gasteiger partial charge in [0.1, 0.15) is 11.9 Å². The van der Waals surface area contributed by atoms with Crippen LogP contribution >= 0.6 is 0 Å². The topological polar surface area (TPSA) is 80.7 Å². The molecule has 3 aliphatic carbocycles. The van der Waals surface area contributed by atoms with Crippen molar-refractivity contribution >= 4 is 17.5 Å². The van der Waals surface area contributed by atoms with Gasteiger partial charge in [-0.2, -0.15) is 0 Å². The molecule has 0 aromatic carbocycles. The van der Waals surface area contributed by atoms with Crippen molar-refractivity contribution in [3.8, 4) is 0 Å². The van der Waals surface area contributed by atoms with E-state index in [4.69, 9.17) is 4.74 Å². The summed E-state index contributed by atoms with van der Waals surface area (Å²) in [7, 11) is 0. The van der Waals surface area contributed by atoms with Crippen molar-refractivity contribution < 1.29 is 24.2 Å². The van der Waals surface area contributed by atoms with E-state index >= 15 is 0 Å². The van der Waals surface area contributed by atoms with Gasteiger partial charge < -0.3 is 9.84 Å². The molecule has 5 nitrogen and oxygen atoms in total. The first kappa shape index (κ1) is 15.1. The number of ketones is 2. The zero-order chi connectivity index (χ0) is 16.9. The second-order valence-electron chi connectivity index (χ2n) is 8.18. The minimum atomic E-state index is -1.08. The van der Waals surface area contributed by atoms with Gasteiger partial charge in [0.2, 0.25) is 0 Å². The maximum absolute atomic E-state index is 13.0. The minimum Gasteiger partial charge on any atom is -0.459 e. The molecule has 0 amide bonds. The van der Waals surface area contributed by atoms with E-state index in [0.29, 0.717) is 6.42 Å². The Hall–Kier alpha value is -1.49. The number of carbonyl (C=O) groups excluding carboxylic acids is 3. The van der Waals surface area contributed by atoms with E-state index in [-0.39, 0.29) is 23.4 Å². The molecule has 1 saturated heterocycles. The second-order valence-corrected chi connectivity index (χ2v) is 8.18. The van der Waals surface area contributed by atoms with E-state index in [1.54, 1.807) is 13.0 Å². The molecule has 0 aromatic heterocycles. The summed E-state index contributed by atoms with van der Waals surface area (Å²) in [6.45, 7) is 7.36. The fourth-order valence-electron chi connectivity index (χ4n) is 6.09. The standard InChI is InChI=1S/C18H22O5/c1-7-5-10(19)17(3)9(7)6-11(20)18(4)12-8(2)14(23-16(12)22)13(21)15(17)18/h6-8,12-15,21H,5H2,1-4H3/t7-,8+,12+,13-,14+,15+,17+,18-/m0/s1. The van der Waals surface area contributed by atoms with E-state index in [1.807, 2.05) is 20.8 Å². The van der Waals surface area contributed by atoms with Crippen LogP contribution in [0.15, 0.2) is 11.6 Å². The Morgan fingerprint density at radius 2 is 1.87 bits per heavy atom. The third-order valence-electron chi connectivity index (χ3n) is 7.16. The number of fused-ring (bicyclic) bond motifs is 6. The maximum atomic E-state index is 13.0. The molecule has 1 N–H and O–H groups in total. The van der Waals surface area contributed by atoms with Crippen LogP contribution in [0.2, 0.25) is 0 Å². The third kappa shape index (κ3) is 1.41. The molecule has 2 bridgehead atoms. The number of hydrogen-bond donors (Lipinski definition) is 1. The van der Waals surface area contributed by atoms with Gasteiger partial charge in [-0.3, -0.25) is 14.4 Å². The molecule has 4 aliphatic rings. The Morgan fingerprint density at radius 1 is 1.22 bits per heavy atom. The fourth-order valence-corrected chi connectivity index (χ4v) is 6.09. The minimum absolute atomic E-state index is 0.00169. The first-order valence-electron chi connectivity index (χ1n) is 8.33. The number of carbonyl (C=O) groups is 3. The number of aliphatic hydroxyl groups excluding tert-OH is 1. The predicted octanol–water partition coefficient (Wildman–Crippen LogP) is 1.29. The third-order valence-corrected chi connectivity index (χ3v) is 7.16. The Balaban J connectivity index is 1.99. The van der Waals surface area contributed by atoms with Crippen LogP contribution in [0.1, 0.15) is 34.1 Å². The van der Waals surface area contributed by atoms with Crippen LogP contribution in [-0.4, -0.2) is 34.9 Å². The molecule has 124 valence electrons. The molecule has 3 fully saturated rings. The van der Waals surface area contributed by atoms with E-state index in [1.165, 1.54) is 0 Å². The highest BCUT2D eigenvalue weighted by Crippen LogP contribution is 2.65. The van der Waals surface area contributed by atoms with Gasteiger partial charge in [0.25, 0.3) is 0 Å². The van der Waals surface area contributed by atoms with Crippen molar-refractivity contribution in [3.05, 3.63) is 11.6 Å². The molecule has 0 radical (unpaired) electrons. The van der Waals surface area contributed by atoms with Crippen molar-refractivity contribution in [2.45, 2.75) is 46.3 Å². The van der Waals surface area contributed by atoms with Gasteiger partial charge in [-0.25, -0.2) is 0 Å². The molecule has 0 spiro atoms. The summed E-state index contributed by atoms with van der Waals surface area (Å²) in [6, 6.07) is 0. The summed E-state index contributed by atoms with van der Waals surface area (Å²) >= 11 is 0. The monoisotopic (exact) mass is 318 g/mol. The highest BCUT2D eigenvalue weighted by atomic mass is 16.6. The molecule has 8 atom stereocenters. The molecule has 5 heteroatoms. The van der Waals surface area contributed by atoms with Crippen LogP contribution in [-0.2, 0) is 19.1 Å². The average Bonchev–Trinajstić information content (AvgIpc) is 2.83. The SMILES string of the molecule is C[C@H]1[C@H]2OC(=O)[C@@H]1[C@]1(C)C(=O)C=C3[C@@H](C)CC(=O)[C@]3(C)[C@H]1[C@H]2O. The number of Topliss-reactive ketones (excluding diaryl/α,β-unsaturated/α-hetero) is 1. The highest BCUT2D eigenvalue weighted by molar-refractivity contribution is 6.05. The summed E-state index contributed by atoms with van der Waals surface area (Å²) < 4.78 is 5.40. The normalized spacial score (nSPS) is 54.5. The van der Waals surface area contributed by atoms with Crippen molar-refractivity contribution in [2.24, 2.45) is 34.5 Å². The van der Waals surface area contributed by atoms with Gasteiger partial charge in [0.05, 0.1) is 22.9 Å². The van der Waals surface area contributed by atoms with Crippen LogP contribution in [0.25, 0.3) is 0 Å². The van der Waals surface area contributed by atoms with Gasteiger partial charge in [0, 0.05) is 18.3 Å². The lowest BCUT2D eigenvalue weighted by atomic mass is 9.45. The first-order valence-corrected chi connectivity index (χ1v) is 8.33. The summed E-state index contributed by atoms with van der Waals surface area (Å²) in [5.74, 6) is -1.93. The zero-order valence-corrected chi connectivity index (χ0v) is 13.8. The van der Waals surface area contributed by atoms with Crippen LogP contribution in [0.5, 0.6) is 0 Å². The molecular weight excluding hydrogens is 296 g/mol. The summed E-state index contributed by atoms with van der Waals surface area (Å²) in [4.78, 5) is 38.2.